The summed E-state index contributed by atoms with van der Waals surface area (Å²) >= 11 is 12.2. The summed E-state index contributed by atoms with van der Waals surface area (Å²) in [6, 6.07) is 9.16. The van der Waals surface area contributed by atoms with Crippen LogP contribution in [0.5, 0.6) is 5.75 Å². The lowest BCUT2D eigenvalue weighted by Gasteiger charge is -2.18. The molecule has 4 aromatic rings. The number of carbonyl (C=O) groups is 1. The Morgan fingerprint density at radius 1 is 1.26 bits per heavy atom. The standard InChI is InChI=1S/C24H24Cl2FN9O3/c1-3-35(4-2)12-19-21(30-34-36(19)23-22(28)32-39-33-23)24(37)31-29-11-14-10-15(25)8-9-20(14)38-13-16-17(26)6-5-7-18(16)27/h5-11H,3-4,12-13H2,1-2H3,(H2,28,32)(H,31,37)/b29-11-. The van der Waals surface area contributed by atoms with Crippen molar-refractivity contribution >= 4 is 41.1 Å². The van der Waals surface area contributed by atoms with Crippen LogP contribution in [0.1, 0.15) is 41.2 Å². The van der Waals surface area contributed by atoms with Gasteiger partial charge in [0, 0.05) is 22.7 Å². The topological polar surface area (TPSA) is 150 Å². The summed E-state index contributed by atoms with van der Waals surface area (Å²) in [7, 11) is 0. The van der Waals surface area contributed by atoms with Crippen LogP contribution in [-0.4, -0.2) is 55.4 Å². The van der Waals surface area contributed by atoms with E-state index in [1.54, 1.807) is 24.3 Å². The molecule has 0 aliphatic rings. The maximum absolute atomic E-state index is 14.1. The summed E-state index contributed by atoms with van der Waals surface area (Å²) in [5.41, 5.74) is 9.33. The summed E-state index contributed by atoms with van der Waals surface area (Å²) in [5, 5.41) is 20.0. The van der Waals surface area contributed by atoms with Gasteiger partial charge in [0.1, 0.15) is 18.2 Å². The van der Waals surface area contributed by atoms with Crippen LogP contribution in [0.4, 0.5) is 10.2 Å². The van der Waals surface area contributed by atoms with Gasteiger partial charge in [0.2, 0.25) is 11.6 Å². The lowest BCUT2D eigenvalue weighted by molar-refractivity contribution is 0.0948. The zero-order chi connectivity index (χ0) is 27.9. The summed E-state index contributed by atoms with van der Waals surface area (Å²) < 4.78 is 25.9. The fourth-order valence-electron chi connectivity index (χ4n) is 3.57. The van der Waals surface area contributed by atoms with Crippen molar-refractivity contribution in [2.75, 3.05) is 18.8 Å². The number of hydrazone groups is 1. The van der Waals surface area contributed by atoms with Crippen LogP contribution in [0, 0.1) is 5.82 Å². The van der Waals surface area contributed by atoms with E-state index in [1.807, 2.05) is 13.8 Å². The molecule has 0 bridgehead atoms. The Bertz CT molecular complexity index is 1470. The number of nitrogens with one attached hydrogen (secondary N) is 1. The van der Waals surface area contributed by atoms with Crippen LogP contribution in [0.3, 0.4) is 0 Å². The lowest BCUT2D eigenvalue weighted by atomic mass is 10.2. The molecule has 0 aliphatic heterocycles. The van der Waals surface area contributed by atoms with Gasteiger partial charge in [0.05, 0.1) is 16.9 Å². The average Bonchev–Trinajstić information content (AvgIpc) is 3.53. The van der Waals surface area contributed by atoms with Gasteiger partial charge in [-0.1, -0.05) is 48.3 Å². The molecule has 2 aromatic heterocycles. The third-order valence-corrected chi connectivity index (χ3v) is 6.31. The Morgan fingerprint density at radius 3 is 2.74 bits per heavy atom. The Morgan fingerprint density at radius 2 is 2.05 bits per heavy atom. The van der Waals surface area contributed by atoms with E-state index in [0.29, 0.717) is 41.7 Å². The summed E-state index contributed by atoms with van der Waals surface area (Å²) in [6.45, 7) is 5.59. The Balaban J connectivity index is 1.54. The number of rotatable bonds is 11. The number of nitrogen functional groups attached to an aromatic ring is 1. The molecule has 0 radical (unpaired) electrons. The molecule has 1 amide bonds. The van der Waals surface area contributed by atoms with E-state index in [2.05, 4.69) is 40.7 Å². The van der Waals surface area contributed by atoms with E-state index in [1.165, 1.54) is 23.0 Å². The van der Waals surface area contributed by atoms with Crippen molar-refractivity contribution in [2.24, 2.45) is 5.10 Å². The zero-order valence-corrected chi connectivity index (χ0v) is 22.4. The maximum atomic E-state index is 14.1. The number of halogens is 3. The quantitative estimate of drug-likeness (QED) is 0.200. The van der Waals surface area contributed by atoms with Crippen molar-refractivity contribution in [2.45, 2.75) is 27.0 Å². The molecule has 0 aliphatic carbocycles. The first-order valence-corrected chi connectivity index (χ1v) is 12.5. The minimum absolute atomic E-state index is 0.00386. The number of hydrogen-bond acceptors (Lipinski definition) is 10. The van der Waals surface area contributed by atoms with E-state index in [9.17, 15) is 9.18 Å². The number of anilines is 1. The molecule has 0 saturated carbocycles. The number of nitrogens with two attached hydrogens (primary N) is 1. The maximum Gasteiger partial charge on any atom is 0.293 e. The number of aromatic nitrogens is 5. The van der Waals surface area contributed by atoms with Crippen molar-refractivity contribution in [3.05, 3.63) is 74.8 Å². The monoisotopic (exact) mass is 575 g/mol. The van der Waals surface area contributed by atoms with Crippen molar-refractivity contribution < 1.29 is 18.6 Å². The van der Waals surface area contributed by atoms with Crippen molar-refractivity contribution in [1.82, 2.24) is 35.6 Å². The molecular formula is C24H24Cl2FN9O3. The molecule has 12 nitrogen and oxygen atoms in total. The van der Waals surface area contributed by atoms with E-state index in [4.69, 9.17) is 33.7 Å². The molecule has 0 spiro atoms. The average molecular weight is 576 g/mol. The SMILES string of the molecule is CCN(CC)Cc1c(C(=O)N/N=C\c2cc(Cl)ccc2OCc2c(F)cccc2Cl)nnn1-c1nonc1N. The molecule has 204 valence electrons. The summed E-state index contributed by atoms with van der Waals surface area (Å²) in [5.74, 6) is -0.661. The molecule has 39 heavy (non-hydrogen) atoms. The third kappa shape index (κ3) is 6.50. The van der Waals surface area contributed by atoms with Crippen molar-refractivity contribution in [3.63, 3.8) is 0 Å². The highest BCUT2D eigenvalue weighted by Gasteiger charge is 2.25. The molecule has 0 atom stereocenters. The normalized spacial score (nSPS) is 11.4. The smallest absolute Gasteiger partial charge is 0.293 e. The molecule has 2 aromatic carbocycles. The molecular weight excluding hydrogens is 552 g/mol. The number of nitrogens with zero attached hydrogens (tertiary/aromatic N) is 7. The van der Waals surface area contributed by atoms with Gasteiger partial charge in [-0.2, -0.15) is 9.78 Å². The highest BCUT2D eigenvalue weighted by molar-refractivity contribution is 6.31. The summed E-state index contributed by atoms with van der Waals surface area (Å²) in [4.78, 5) is 15.1. The molecule has 0 fully saturated rings. The minimum Gasteiger partial charge on any atom is -0.488 e. The van der Waals surface area contributed by atoms with Crippen molar-refractivity contribution in [1.29, 1.82) is 0 Å². The van der Waals surface area contributed by atoms with Crippen LogP contribution in [0.15, 0.2) is 46.1 Å². The second kappa shape index (κ2) is 12.7. The van der Waals surface area contributed by atoms with Crippen LogP contribution in [0.2, 0.25) is 10.0 Å². The number of ether oxygens (including phenoxy) is 1. The highest BCUT2D eigenvalue weighted by Crippen LogP contribution is 2.25. The molecule has 4 rings (SSSR count). The number of carbonyl (C=O) groups excluding carboxylic acids is 1. The van der Waals surface area contributed by atoms with Crippen LogP contribution in [-0.2, 0) is 13.2 Å². The first-order valence-electron chi connectivity index (χ1n) is 11.8. The van der Waals surface area contributed by atoms with E-state index >= 15 is 0 Å². The molecule has 2 heterocycles. The Kier molecular flexibility index (Phi) is 9.07. The fraction of sp³-hybridized carbons (Fsp3) is 0.250. The minimum atomic E-state index is -0.627. The fourth-order valence-corrected chi connectivity index (χ4v) is 3.97. The van der Waals surface area contributed by atoms with Gasteiger partial charge in [-0.05, 0) is 53.7 Å². The van der Waals surface area contributed by atoms with Gasteiger partial charge in [0.15, 0.2) is 5.69 Å². The first-order chi connectivity index (χ1) is 18.8. The number of amides is 1. The number of benzene rings is 2. The summed E-state index contributed by atoms with van der Waals surface area (Å²) in [6.07, 6.45) is 1.34. The number of hydrogen-bond donors (Lipinski definition) is 2. The molecule has 0 unspecified atom stereocenters. The molecule has 15 heteroatoms. The molecule has 0 saturated heterocycles. The molecule has 3 N–H and O–H groups in total. The van der Waals surface area contributed by atoms with E-state index < -0.39 is 11.7 Å². The van der Waals surface area contributed by atoms with E-state index in [0.717, 1.165) is 0 Å². The zero-order valence-electron chi connectivity index (χ0n) is 20.9. The first kappa shape index (κ1) is 28.0. The lowest BCUT2D eigenvalue weighted by Crippen LogP contribution is -2.27. The van der Waals surface area contributed by atoms with Gasteiger partial charge in [-0.15, -0.1) is 5.10 Å². The largest absolute Gasteiger partial charge is 0.488 e. The Hall–Kier alpha value is -4.07. The van der Waals surface area contributed by atoms with Crippen molar-refractivity contribution in [3.8, 4) is 11.6 Å². The third-order valence-electron chi connectivity index (χ3n) is 5.72. The predicted molar refractivity (Wildman–Crippen MR) is 143 cm³/mol. The van der Waals surface area contributed by atoms with Crippen LogP contribution >= 0.6 is 23.2 Å². The predicted octanol–water partition coefficient (Wildman–Crippen LogP) is 3.86. The van der Waals surface area contributed by atoms with Crippen LogP contribution in [0.25, 0.3) is 5.82 Å². The van der Waals surface area contributed by atoms with Gasteiger partial charge < -0.3 is 10.5 Å². The van der Waals surface area contributed by atoms with Gasteiger partial charge in [0.25, 0.3) is 5.91 Å². The second-order valence-corrected chi connectivity index (χ2v) is 8.94. The highest BCUT2D eigenvalue weighted by atomic mass is 35.5. The van der Waals surface area contributed by atoms with E-state index in [-0.39, 0.29) is 34.5 Å². The van der Waals surface area contributed by atoms with Gasteiger partial charge >= 0.3 is 0 Å². The second-order valence-electron chi connectivity index (χ2n) is 8.10. The van der Waals surface area contributed by atoms with Gasteiger partial charge in [-0.25, -0.2) is 14.4 Å². The van der Waals surface area contributed by atoms with Gasteiger partial charge in [-0.3, -0.25) is 9.69 Å². The van der Waals surface area contributed by atoms with Crippen LogP contribution < -0.4 is 15.9 Å². The Labute approximate surface area is 232 Å².